The monoisotopic (exact) mass is 398 g/mol. The van der Waals surface area contributed by atoms with Gasteiger partial charge in [0.05, 0.1) is 15.8 Å². The van der Waals surface area contributed by atoms with Gasteiger partial charge in [0, 0.05) is 39.3 Å². The molecular formula is C21H23FN4OS. The zero-order chi connectivity index (χ0) is 19.5. The molecule has 0 bridgehead atoms. The van der Waals surface area contributed by atoms with Gasteiger partial charge >= 0.3 is 0 Å². The van der Waals surface area contributed by atoms with Crippen LogP contribution in [0.25, 0.3) is 10.2 Å². The Labute approximate surface area is 167 Å². The molecule has 1 N–H and O–H groups in total. The first-order valence-corrected chi connectivity index (χ1v) is 10.3. The van der Waals surface area contributed by atoms with Crippen molar-refractivity contribution >= 4 is 32.6 Å². The minimum atomic E-state index is -0.486. The van der Waals surface area contributed by atoms with E-state index in [1.165, 1.54) is 22.4 Å². The smallest absolute Gasteiger partial charge is 0.254 e. The highest BCUT2D eigenvalue weighted by Gasteiger charge is 2.20. The number of rotatable bonds is 5. The number of amides is 1. The Balaban J connectivity index is 1.26. The molecule has 1 fully saturated rings. The summed E-state index contributed by atoms with van der Waals surface area (Å²) in [6.07, 6.45) is 0. The Morgan fingerprint density at radius 2 is 1.96 bits per heavy atom. The van der Waals surface area contributed by atoms with Gasteiger partial charge in [0.25, 0.3) is 5.91 Å². The first kappa shape index (κ1) is 18.8. The van der Waals surface area contributed by atoms with Crippen molar-refractivity contribution in [2.45, 2.75) is 6.92 Å². The number of halogens is 1. The highest BCUT2D eigenvalue weighted by atomic mass is 32.1. The van der Waals surface area contributed by atoms with Crippen LogP contribution in [0.4, 0.5) is 9.52 Å². The topological polar surface area (TPSA) is 48.5 Å². The van der Waals surface area contributed by atoms with Crippen LogP contribution in [0.3, 0.4) is 0 Å². The minimum absolute atomic E-state index is 0.0957. The number of nitrogens with one attached hydrogen (secondary N) is 1. The van der Waals surface area contributed by atoms with Crippen LogP contribution < -0.4 is 10.2 Å². The third kappa shape index (κ3) is 4.15. The van der Waals surface area contributed by atoms with Gasteiger partial charge in [-0.1, -0.05) is 29.5 Å². The molecule has 28 heavy (non-hydrogen) atoms. The van der Waals surface area contributed by atoms with Crippen molar-refractivity contribution in [3.63, 3.8) is 0 Å². The highest BCUT2D eigenvalue weighted by molar-refractivity contribution is 7.22. The second kappa shape index (κ2) is 8.24. The first-order chi connectivity index (χ1) is 13.6. The molecule has 0 atom stereocenters. The van der Waals surface area contributed by atoms with Gasteiger partial charge in [0.2, 0.25) is 0 Å². The summed E-state index contributed by atoms with van der Waals surface area (Å²) < 4.78 is 14.9. The summed E-state index contributed by atoms with van der Waals surface area (Å²) >= 11 is 1.74. The SMILES string of the molecule is Cc1ccc2nc(N3CCN(CCNC(=O)c4ccccc4F)CC3)sc2c1. The molecule has 146 valence electrons. The molecule has 1 aromatic heterocycles. The lowest BCUT2D eigenvalue weighted by Crippen LogP contribution is -2.48. The van der Waals surface area contributed by atoms with Crippen molar-refractivity contribution in [3.05, 3.63) is 59.4 Å². The largest absolute Gasteiger partial charge is 0.351 e. The summed E-state index contributed by atoms with van der Waals surface area (Å²) in [7, 11) is 0. The van der Waals surface area contributed by atoms with Gasteiger partial charge in [-0.15, -0.1) is 0 Å². The molecule has 0 unspecified atom stereocenters. The quantitative estimate of drug-likeness (QED) is 0.717. The van der Waals surface area contributed by atoms with Gasteiger partial charge < -0.3 is 10.2 Å². The number of aryl methyl sites for hydroxylation is 1. The molecule has 7 heteroatoms. The van der Waals surface area contributed by atoms with Crippen molar-refractivity contribution in [2.24, 2.45) is 0 Å². The van der Waals surface area contributed by atoms with E-state index in [0.717, 1.165) is 43.4 Å². The third-order valence-corrected chi connectivity index (χ3v) is 6.09. The van der Waals surface area contributed by atoms with Crippen LogP contribution in [0.5, 0.6) is 0 Å². The normalized spacial score (nSPS) is 15.1. The van der Waals surface area contributed by atoms with Crippen LogP contribution in [-0.4, -0.2) is 55.1 Å². The van der Waals surface area contributed by atoms with Crippen LogP contribution in [-0.2, 0) is 0 Å². The molecule has 2 aromatic carbocycles. The maximum absolute atomic E-state index is 13.6. The minimum Gasteiger partial charge on any atom is -0.351 e. The molecule has 1 aliphatic rings. The molecule has 1 saturated heterocycles. The van der Waals surface area contributed by atoms with E-state index in [0.29, 0.717) is 6.54 Å². The van der Waals surface area contributed by atoms with E-state index >= 15 is 0 Å². The number of hydrogen-bond acceptors (Lipinski definition) is 5. The second-order valence-corrected chi connectivity index (χ2v) is 8.04. The number of thiazole rings is 1. The Morgan fingerprint density at radius 3 is 2.75 bits per heavy atom. The van der Waals surface area contributed by atoms with E-state index < -0.39 is 5.82 Å². The second-order valence-electron chi connectivity index (χ2n) is 7.03. The molecule has 5 nitrogen and oxygen atoms in total. The molecule has 0 radical (unpaired) electrons. The van der Waals surface area contributed by atoms with Crippen LogP contribution >= 0.6 is 11.3 Å². The number of benzene rings is 2. The van der Waals surface area contributed by atoms with Crippen molar-refractivity contribution in [1.29, 1.82) is 0 Å². The summed E-state index contributed by atoms with van der Waals surface area (Å²) in [6.45, 7) is 7.04. The predicted octanol–water partition coefficient (Wildman–Crippen LogP) is 3.30. The number of anilines is 1. The maximum Gasteiger partial charge on any atom is 0.254 e. The van der Waals surface area contributed by atoms with Crippen LogP contribution in [0.2, 0.25) is 0 Å². The Morgan fingerprint density at radius 1 is 1.18 bits per heavy atom. The summed E-state index contributed by atoms with van der Waals surface area (Å²) in [4.78, 5) is 21.5. The fraction of sp³-hybridized carbons (Fsp3) is 0.333. The number of carbonyl (C=O) groups is 1. The van der Waals surface area contributed by atoms with E-state index in [2.05, 4.69) is 40.2 Å². The summed E-state index contributed by atoms with van der Waals surface area (Å²) in [5.41, 5.74) is 2.41. The number of nitrogens with zero attached hydrogens (tertiary/aromatic N) is 3. The lowest BCUT2D eigenvalue weighted by Gasteiger charge is -2.34. The number of aromatic nitrogens is 1. The zero-order valence-corrected chi connectivity index (χ0v) is 16.6. The van der Waals surface area contributed by atoms with Gasteiger partial charge in [-0.25, -0.2) is 9.37 Å². The number of hydrogen-bond donors (Lipinski definition) is 1. The van der Waals surface area contributed by atoms with E-state index in [1.807, 2.05) is 0 Å². The Hall–Kier alpha value is -2.51. The molecule has 1 aliphatic heterocycles. The van der Waals surface area contributed by atoms with Gasteiger partial charge in [0.1, 0.15) is 5.82 Å². The molecule has 1 amide bonds. The lowest BCUT2D eigenvalue weighted by atomic mass is 10.2. The molecule has 3 aromatic rings. The van der Waals surface area contributed by atoms with Crippen LogP contribution in [0.1, 0.15) is 15.9 Å². The molecule has 0 saturated carbocycles. The van der Waals surface area contributed by atoms with E-state index in [9.17, 15) is 9.18 Å². The Bertz CT molecular complexity index is 981. The number of fused-ring (bicyclic) bond motifs is 1. The van der Waals surface area contributed by atoms with Gasteiger partial charge in [-0.05, 0) is 36.8 Å². The summed E-state index contributed by atoms with van der Waals surface area (Å²) in [5.74, 6) is -0.846. The van der Waals surface area contributed by atoms with E-state index in [4.69, 9.17) is 4.98 Å². The number of piperazine rings is 1. The van der Waals surface area contributed by atoms with Crippen molar-refractivity contribution in [3.8, 4) is 0 Å². The summed E-state index contributed by atoms with van der Waals surface area (Å²) in [6, 6.07) is 12.4. The Kier molecular flexibility index (Phi) is 5.54. The molecule has 0 spiro atoms. The van der Waals surface area contributed by atoms with E-state index in [-0.39, 0.29) is 11.5 Å². The average Bonchev–Trinajstić information content (AvgIpc) is 3.12. The van der Waals surface area contributed by atoms with Crippen LogP contribution in [0.15, 0.2) is 42.5 Å². The number of carbonyl (C=O) groups excluding carboxylic acids is 1. The van der Waals surface area contributed by atoms with Crippen molar-refractivity contribution < 1.29 is 9.18 Å². The molecule has 4 rings (SSSR count). The maximum atomic E-state index is 13.6. The first-order valence-electron chi connectivity index (χ1n) is 9.47. The van der Waals surface area contributed by atoms with Gasteiger partial charge in [-0.2, -0.15) is 0 Å². The molecule has 2 heterocycles. The fourth-order valence-electron chi connectivity index (χ4n) is 3.39. The van der Waals surface area contributed by atoms with Crippen LogP contribution in [0, 0.1) is 12.7 Å². The highest BCUT2D eigenvalue weighted by Crippen LogP contribution is 2.29. The molecular weight excluding hydrogens is 375 g/mol. The average molecular weight is 399 g/mol. The van der Waals surface area contributed by atoms with E-state index in [1.54, 1.807) is 23.5 Å². The van der Waals surface area contributed by atoms with Gasteiger partial charge in [-0.3, -0.25) is 9.69 Å². The molecule has 0 aliphatic carbocycles. The lowest BCUT2D eigenvalue weighted by molar-refractivity contribution is 0.0944. The fourth-order valence-corrected chi connectivity index (χ4v) is 4.50. The summed E-state index contributed by atoms with van der Waals surface area (Å²) in [5, 5.41) is 3.89. The zero-order valence-electron chi connectivity index (χ0n) is 15.8. The standard InChI is InChI=1S/C21H23FN4OS/c1-15-6-7-18-19(14-15)28-21(24-18)26-12-10-25(11-13-26)9-8-23-20(27)16-4-2-3-5-17(16)22/h2-7,14H,8-13H2,1H3,(H,23,27). The van der Waals surface area contributed by atoms with Crippen molar-refractivity contribution in [1.82, 2.24) is 15.2 Å². The van der Waals surface area contributed by atoms with Crippen molar-refractivity contribution in [2.75, 3.05) is 44.2 Å². The third-order valence-electron chi connectivity index (χ3n) is 5.01. The van der Waals surface area contributed by atoms with Gasteiger partial charge in [0.15, 0.2) is 5.13 Å². The predicted molar refractivity (Wildman–Crippen MR) is 112 cm³/mol.